The summed E-state index contributed by atoms with van der Waals surface area (Å²) in [6, 6.07) is 9.15. The SMILES string of the molecule is COC1CCN(c2nccc(Nc3cc4c(cn3)c(N3CCC(N5CCN(Cc6ccc7c(c6)C(=O)N(N6CCC(=O)NC6=O)C7=O)CC5)CC3)nn4C(C)C)n2)CC1. The molecule has 2 N–H and O–H groups in total. The van der Waals surface area contributed by atoms with E-state index in [-0.39, 0.29) is 30.1 Å². The molecule has 8 heterocycles. The minimum Gasteiger partial charge on any atom is -0.381 e. The Morgan fingerprint density at radius 3 is 2.31 bits per heavy atom. The smallest absolute Gasteiger partial charge is 0.343 e. The maximum Gasteiger partial charge on any atom is 0.343 e. The fourth-order valence-corrected chi connectivity index (χ4v) is 9.03. The normalized spacial score (nSPS) is 20.3. The number of piperazine rings is 1. The maximum atomic E-state index is 13.3. The summed E-state index contributed by atoms with van der Waals surface area (Å²) in [6.07, 6.45) is 8.04. The van der Waals surface area contributed by atoms with E-state index >= 15 is 0 Å². The van der Waals surface area contributed by atoms with Crippen LogP contribution in [-0.4, -0.2) is 146 Å². The van der Waals surface area contributed by atoms with Crippen LogP contribution in [0.15, 0.2) is 42.7 Å². The van der Waals surface area contributed by atoms with Crippen LogP contribution in [0.2, 0.25) is 0 Å². The zero-order valence-corrected chi connectivity index (χ0v) is 33.8. The molecular formula is C41H51N13O5. The summed E-state index contributed by atoms with van der Waals surface area (Å²) in [6.45, 7) is 12.2. The van der Waals surface area contributed by atoms with Crippen LogP contribution in [0.4, 0.5) is 28.2 Å². The van der Waals surface area contributed by atoms with E-state index < -0.39 is 23.8 Å². The lowest BCUT2D eigenvalue weighted by Crippen LogP contribution is -2.58. The van der Waals surface area contributed by atoms with Crippen molar-refractivity contribution in [1.82, 2.24) is 49.9 Å². The number of imide groups is 2. The molecule has 0 saturated carbocycles. The zero-order valence-electron chi connectivity index (χ0n) is 33.8. The van der Waals surface area contributed by atoms with Gasteiger partial charge in [-0.25, -0.2) is 19.8 Å². The number of piperidine rings is 2. The van der Waals surface area contributed by atoms with Gasteiger partial charge in [0.25, 0.3) is 11.8 Å². The van der Waals surface area contributed by atoms with Crippen LogP contribution in [-0.2, 0) is 16.1 Å². The van der Waals surface area contributed by atoms with Crippen LogP contribution in [0.3, 0.4) is 0 Å². The first-order valence-electron chi connectivity index (χ1n) is 20.7. The fourth-order valence-electron chi connectivity index (χ4n) is 9.03. The van der Waals surface area contributed by atoms with Crippen molar-refractivity contribution in [2.45, 2.75) is 70.7 Å². The molecule has 4 aromatic rings. The van der Waals surface area contributed by atoms with E-state index in [4.69, 9.17) is 19.8 Å². The predicted octanol–water partition coefficient (Wildman–Crippen LogP) is 3.40. The number of aromatic nitrogens is 5. The summed E-state index contributed by atoms with van der Waals surface area (Å²) in [4.78, 5) is 74.2. The number of methoxy groups -OCH3 is 1. The first-order valence-corrected chi connectivity index (χ1v) is 20.7. The number of urea groups is 1. The molecule has 0 atom stereocenters. The lowest BCUT2D eigenvalue weighted by molar-refractivity contribution is -0.122. The number of pyridine rings is 1. The van der Waals surface area contributed by atoms with Crippen LogP contribution >= 0.6 is 0 Å². The molecule has 0 radical (unpaired) electrons. The number of nitrogens with one attached hydrogen (secondary N) is 2. The van der Waals surface area contributed by atoms with E-state index in [1.807, 2.05) is 18.3 Å². The molecule has 310 valence electrons. The van der Waals surface area contributed by atoms with E-state index in [1.54, 1.807) is 25.4 Å². The van der Waals surface area contributed by atoms with Gasteiger partial charge < -0.3 is 19.9 Å². The number of ether oxygens (including phenoxy) is 1. The number of hydrogen-bond acceptors (Lipinski definition) is 14. The molecule has 5 aliphatic rings. The minimum absolute atomic E-state index is 0.0224. The van der Waals surface area contributed by atoms with Crippen molar-refractivity contribution in [3.63, 3.8) is 0 Å². The highest BCUT2D eigenvalue weighted by atomic mass is 16.5. The Morgan fingerprint density at radius 2 is 1.58 bits per heavy atom. The topological polar surface area (TPSA) is 178 Å². The van der Waals surface area contributed by atoms with E-state index in [1.165, 1.54) is 0 Å². The highest BCUT2D eigenvalue weighted by Crippen LogP contribution is 2.33. The van der Waals surface area contributed by atoms with Crippen LogP contribution < -0.4 is 20.4 Å². The second kappa shape index (κ2) is 16.1. The molecule has 5 aliphatic heterocycles. The van der Waals surface area contributed by atoms with Gasteiger partial charge in [-0.3, -0.25) is 34.2 Å². The second-order valence-corrected chi connectivity index (χ2v) is 16.3. The molecule has 3 aromatic heterocycles. The standard InChI is InChI=1S/C41H51N13O5/c1-26(2)53-33-23-35(44-34-6-12-42-40(45-34)51-15-9-29(59-3)10-16-51)43-24-32(33)37(47-53)50-13-7-28(8-14-50)49-20-18-48(19-21-49)25-27-4-5-30-31(22-27)39(57)54(38(30)56)52-17-11-36(55)46-41(52)58/h4-6,12,22-24,26,28-29H,7-11,13-21,25H2,1-3H3,(H,46,55,58)(H,42,43,44,45). The lowest BCUT2D eigenvalue weighted by Gasteiger charge is -2.43. The van der Waals surface area contributed by atoms with Crippen molar-refractivity contribution in [3.05, 3.63) is 59.4 Å². The molecule has 1 aromatic carbocycles. The summed E-state index contributed by atoms with van der Waals surface area (Å²) in [5.41, 5.74) is 2.52. The van der Waals surface area contributed by atoms with Crippen molar-refractivity contribution >= 4 is 58.1 Å². The van der Waals surface area contributed by atoms with E-state index in [9.17, 15) is 19.2 Å². The molecule has 0 aliphatic carbocycles. The van der Waals surface area contributed by atoms with Crippen molar-refractivity contribution in [3.8, 4) is 0 Å². The van der Waals surface area contributed by atoms with Crippen molar-refractivity contribution in [2.75, 3.05) is 81.1 Å². The highest BCUT2D eigenvalue weighted by Gasteiger charge is 2.43. The second-order valence-electron chi connectivity index (χ2n) is 16.3. The van der Waals surface area contributed by atoms with E-state index in [2.05, 4.69) is 59.8 Å². The first-order chi connectivity index (χ1) is 28.6. The lowest BCUT2D eigenvalue weighted by atomic mass is 10.0. The van der Waals surface area contributed by atoms with Gasteiger partial charge >= 0.3 is 6.03 Å². The number of hydrogen-bond donors (Lipinski definition) is 2. The average molecular weight is 806 g/mol. The van der Waals surface area contributed by atoms with Crippen LogP contribution in [0.25, 0.3) is 10.9 Å². The summed E-state index contributed by atoms with van der Waals surface area (Å²) in [7, 11) is 1.77. The van der Waals surface area contributed by atoms with Crippen molar-refractivity contribution < 1.29 is 23.9 Å². The molecule has 9 rings (SSSR count). The van der Waals surface area contributed by atoms with Gasteiger partial charge in [-0.15, -0.1) is 0 Å². The monoisotopic (exact) mass is 805 g/mol. The fraction of sp³-hybridized carbons (Fsp3) is 0.512. The summed E-state index contributed by atoms with van der Waals surface area (Å²) in [5, 5.41) is 13.6. The van der Waals surface area contributed by atoms with Crippen LogP contribution in [0.1, 0.15) is 78.3 Å². The number of amides is 5. The summed E-state index contributed by atoms with van der Waals surface area (Å²) in [5.74, 6) is 1.57. The van der Waals surface area contributed by atoms with Gasteiger partial charge in [0.1, 0.15) is 11.6 Å². The number of anilines is 4. The molecule has 18 heteroatoms. The molecule has 0 unspecified atom stereocenters. The molecule has 0 spiro atoms. The van der Waals surface area contributed by atoms with Crippen LogP contribution in [0.5, 0.6) is 0 Å². The molecule has 59 heavy (non-hydrogen) atoms. The number of nitrogens with zero attached hydrogens (tertiary/aromatic N) is 11. The Labute approximate surface area is 342 Å². The molecule has 4 fully saturated rings. The van der Waals surface area contributed by atoms with Gasteiger partial charge in [-0.05, 0) is 63.3 Å². The van der Waals surface area contributed by atoms with Crippen molar-refractivity contribution in [1.29, 1.82) is 0 Å². The van der Waals surface area contributed by atoms with Gasteiger partial charge in [0, 0.05) is 103 Å². The van der Waals surface area contributed by atoms with E-state index in [0.717, 1.165) is 110 Å². The minimum atomic E-state index is -0.765. The molecule has 18 nitrogen and oxygen atoms in total. The Morgan fingerprint density at radius 1 is 0.831 bits per heavy atom. The first kappa shape index (κ1) is 38.8. The third-order valence-electron chi connectivity index (χ3n) is 12.3. The quantitative estimate of drug-likeness (QED) is 0.223. The van der Waals surface area contributed by atoms with Gasteiger partial charge in [0.2, 0.25) is 11.9 Å². The number of carbonyl (C=O) groups is 4. The highest BCUT2D eigenvalue weighted by molar-refractivity contribution is 6.22. The molecular weight excluding hydrogens is 755 g/mol. The molecule has 0 bridgehead atoms. The molecule has 5 amide bonds. The third kappa shape index (κ3) is 7.67. The Hall–Kier alpha value is -5.72. The van der Waals surface area contributed by atoms with Crippen molar-refractivity contribution in [2.24, 2.45) is 0 Å². The average Bonchev–Trinajstić information content (AvgIpc) is 3.75. The Balaban J connectivity index is 0.792. The third-order valence-corrected chi connectivity index (χ3v) is 12.3. The maximum absolute atomic E-state index is 13.3. The summed E-state index contributed by atoms with van der Waals surface area (Å²) >= 11 is 0. The zero-order chi connectivity index (χ0) is 40.8. The predicted molar refractivity (Wildman–Crippen MR) is 219 cm³/mol. The van der Waals surface area contributed by atoms with Gasteiger partial charge in [-0.1, -0.05) is 6.07 Å². The number of benzene rings is 1. The Kier molecular flexibility index (Phi) is 10.6. The van der Waals surface area contributed by atoms with Gasteiger partial charge in [-0.2, -0.15) is 15.1 Å². The largest absolute Gasteiger partial charge is 0.381 e. The number of fused-ring (bicyclic) bond motifs is 2. The summed E-state index contributed by atoms with van der Waals surface area (Å²) < 4.78 is 7.62. The molecule has 4 saturated heterocycles. The number of hydrazine groups is 1. The van der Waals surface area contributed by atoms with E-state index in [0.29, 0.717) is 36.3 Å². The number of carbonyl (C=O) groups excluding carboxylic acids is 4. The number of rotatable bonds is 10. The van der Waals surface area contributed by atoms with Crippen LogP contribution in [0, 0.1) is 0 Å². The Bertz CT molecular complexity index is 2260. The van der Waals surface area contributed by atoms with Gasteiger partial charge in [0.05, 0.1) is 34.7 Å². The van der Waals surface area contributed by atoms with Gasteiger partial charge in [0.15, 0.2) is 5.82 Å².